The van der Waals surface area contributed by atoms with Crippen LogP contribution in [-0.4, -0.2) is 35.8 Å². The lowest BCUT2D eigenvalue weighted by molar-refractivity contribution is -0.118. The second-order valence-electron chi connectivity index (χ2n) is 7.22. The molecule has 32 heavy (non-hydrogen) atoms. The molecule has 8 heteroatoms. The molecule has 0 fully saturated rings. The number of fused-ring (bicyclic) bond motifs is 1. The van der Waals surface area contributed by atoms with Crippen molar-refractivity contribution in [1.29, 1.82) is 0 Å². The zero-order chi connectivity index (χ0) is 22.5. The van der Waals surface area contributed by atoms with Gasteiger partial charge in [-0.2, -0.15) is 0 Å². The van der Waals surface area contributed by atoms with Gasteiger partial charge in [-0.05, 0) is 41.3 Å². The number of rotatable bonds is 7. The van der Waals surface area contributed by atoms with Crippen molar-refractivity contribution in [3.8, 4) is 0 Å². The number of carbonyl (C=O) groups excluding carboxylic acids is 3. The maximum Gasteiger partial charge on any atom is 0.262 e. The highest BCUT2D eigenvalue weighted by Crippen LogP contribution is 2.20. The van der Waals surface area contributed by atoms with Gasteiger partial charge in [0.1, 0.15) is 6.04 Å². The van der Waals surface area contributed by atoms with E-state index in [1.165, 1.54) is 11.3 Å². The molecule has 0 aliphatic heterocycles. The van der Waals surface area contributed by atoms with Crippen LogP contribution in [0.15, 0.2) is 72.2 Å². The van der Waals surface area contributed by atoms with E-state index in [0.717, 1.165) is 16.5 Å². The molecule has 162 valence electrons. The number of hydrogen-bond donors (Lipinski definition) is 4. The normalized spacial score (nSPS) is 11.7. The van der Waals surface area contributed by atoms with E-state index in [2.05, 4.69) is 20.9 Å². The first-order chi connectivity index (χ1) is 15.5. The van der Waals surface area contributed by atoms with Crippen LogP contribution in [0.4, 0.5) is 5.69 Å². The molecular formula is C24H22N4O3S. The number of benzene rings is 2. The lowest BCUT2D eigenvalue weighted by atomic mass is 10.0. The van der Waals surface area contributed by atoms with E-state index in [-0.39, 0.29) is 17.7 Å². The molecule has 4 N–H and O–H groups in total. The molecule has 0 bridgehead atoms. The predicted octanol–water partition coefficient (Wildman–Crippen LogP) is 3.57. The molecule has 0 radical (unpaired) electrons. The number of aromatic nitrogens is 1. The Labute approximate surface area is 188 Å². The van der Waals surface area contributed by atoms with Crippen LogP contribution >= 0.6 is 11.3 Å². The number of thiophene rings is 1. The molecule has 0 saturated heterocycles. The maximum absolute atomic E-state index is 13.2. The molecule has 2 heterocycles. The highest BCUT2D eigenvalue weighted by Gasteiger charge is 2.24. The zero-order valence-electron chi connectivity index (χ0n) is 17.3. The van der Waals surface area contributed by atoms with Gasteiger partial charge < -0.3 is 20.9 Å². The smallest absolute Gasteiger partial charge is 0.262 e. The van der Waals surface area contributed by atoms with E-state index in [4.69, 9.17) is 0 Å². The molecule has 0 saturated carbocycles. The largest absolute Gasteiger partial charge is 0.361 e. The Kier molecular flexibility index (Phi) is 6.32. The third-order valence-electron chi connectivity index (χ3n) is 5.09. The van der Waals surface area contributed by atoms with Gasteiger partial charge in [-0.15, -0.1) is 11.3 Å². The number of H-pyrrole nitrogens is 1. The van der Waals surface area contributed by atoms with Crippen LogP contribution in [0.1, 0.15) is 25.6 Å². The number of hydrogen-bond acceptors (Lipinski definition) is 4. The minimum Gasteiger partial charge on any atom is -0.361 e. The first kappa shape index (κ1) is 21.3. The Hall–Kier alpha value is -3.91. The Morgan fingerprint density at radius 3 is 2.62 bits per heavy atom. The Bertz CT molecular complexity index is 1260. The highest BCUT2D eigenvalue weighted by molar-refractivity contribution is 7.12. The number of carbonyl (C=O) groups is 3. The van der Waals surface area contributed by atoms with Crippen LogP contribution in [0, 0.1) is 0 Å². The van der Waals surface area contributed by atoms with Crippen LogP contribution in [-0.2, 0) is 11.2 Å². The second-order valence-corrected chi connectivity index (χ2v) is 8.16. The van der Waals surface area contributed by atoms with Crippen LogP contribution in [0.3, 0.4) is 0 Å². The molecule has 0 aliphatic rings. The van der Waals surface area contributed by atoms with Gasteiger partial charge in [0, 0.05) is 41.8 Å². The quantitative estimate of drug-likeness (QED) is 0.349. The standard InChI is InChI=1S/C24H22N4O3S/c1-25-22(29)15-6-4-7-17(12-15)27-23(30)20(28-24(31)21-10-5-11-32-21)13-16-14-26-19-9-3-2-8-18(16)19/h2-12,14,20,26H,13H2,1H3,(H,25,29)(H,27,30)(H,28,31). The topological polar surface area (TPSA) is 103 Å². The molecule has 2 aromatic carbocycles. The predicted molar refractivity (Wildman–Crippen MR) is 126 cm³/mol. The Balaban J connectivity index is 1.58. The maximum atomic E-state index is 13.2. The van der Waals surface area contributed by atoms with Gasteiger partial charge in [-0.25, -0.2) is 0 Å². The van der Waals surface area contributed by atoms with E-state index in [0.29, 0.717) is 22.5 Å². The summed E-state index contributed by atoms with van der Waals surface area (Å²) < 4.78 is 0. The van der Waals surface area contributed by atoms with Crippen molar-refractivity contribution >= 4 is 45.6 Å². The molecule has 0 aliphatic carbocycles. The first-order valence-electron chi connectivity index (χ1n) is 10.1. The van der Waals surface area contributed by atoms with Crippen LogP contribution in [0.5, 0.6) is 0 Å². The number of aromatic amines is 1. The fourth-order valence-corrected chi connectivity index (χ4v) is 4.11. The minimum atomic E-state index is -0.813. The summed E-state index contributed by atoms with van der Waals surface area (Å²) in [5.74, 6) is -0.921. The molecule has 4 aromatic rings. The Morgan fingerprint density at radius 2 is 1.84 bits per heavy atom. The van der Waals surface area contributed by atoms with E-state index in [9.17, 15) is 14.4 Å². The van der Waals surface area contributed by atoms with Gasteiger partial charge in [0.05, 0.1) is 4.88 Å². The minimum absolute atomic E-state index is 0.248. The third-order valence-corrected chi connectivity index (χ3v) is 5.95. The molecule has 1 unspecified atom stereocenters. The first-order valence-corrected chi connectivity index (χ1v) is 11.0. The summed E-state index contributed by atoms with van der Waals surface area (Å²) in [6, 6.07) is 17.2. The van der Waals surface area contributed by atoms with Gasteiger partial charge in [-0.1, -0.05) is 30.3 Å². The summed E-state index contributed by atoms with van der Waals surface area (Å²) in [6.07, 6.45) is 2.16. The average molecular weight is 447 g/mol. The molecule has 0 spiro atoms. The fraction of sp³-hybridized carbons (Fsp3) is 0.125. The number of amides is 3. The monoisotopic (exact) mass is 446 g/mol. The van der Waals surface area contributed by atoms with Crippen molar-refractivity contribution in [2.75, 3.05) is 12.4 Å². The highest BCUT2D eigenvalue weighted by atomic mass is 32.1. The van der Waals surface area contributed by atoms with Crippen molar-refractivity contribution in [2.45, 2.75) is 12.5 Å². The van der Waals surface area contributed by atoms with E-state index < -0.39 is 6.04 Å². The molecule has 1 atom stereocenters. The van der Waals surface area contributed by atoms with Crippen molar-refractivity contribution in [3.05, 3.63) is 88.2 Å². The summed E-state index contributed by atoms with van der Waals surface area (Å²) in [7, 11) is 1.55. The lowest BCUT2D eigenvalue weighted by Gasteiger charge is -2.18. The molecule has 2 aromatic heterocycles. The number of nitrogens with one attached hydrogen (secondary N) is 4. The molecule has 3 amide bonds. The average Bonchev–Trinajstić information content (AvgIpc) is 3.49. The fourth-order valence-electron chi connectivity index (χ4n) is 3.48. The number of para-hydroxylation sites is 1. The lowest BCUT2D eigenvalue weighted by Crippen LogP contribution is -2.45. The third kappa shape index (κ3) is 4.70. The number of anilines is 1. The summed E-state index contributed by atoms with van der Waals surface area (Å²) >= 11 is 1.31. The Morgan fingerprint density at radius 1 is 1.00 bits per heavy atom. The summed E-state index contributed by atoms with van der Waals surface area (Å²) in [4.78, 5) is 41.6. The molecule has 4 rings (SSSR count). The van der Waals surface area contributed by atoms with Crippen molar-refractivity contribution in [1.82, 2.24) is 15.6 Å². The SMILES string of the molecule is CNC(=O)c1cccc(NC(=O)C(Cc2c[nH]c3ccccc23)NC(=O)c2cccs2)c1. The van der Waals surface area contributed by atoms with Gasteiger partial charge in [0.2, 0.25) is 5.91 Å². The second kappa shape index (κ2) is 9.49. The van der Waals surface area contributed by atoms with Gasteiger partial charge in [0.25, 0.3) is 11.8 Å². The van der Waals surface area contributed by atoms with Crippen molar-refractivity contribution in [3.63, 3.8) is 0 Å². The van der Waals surface area contributed by atoms with Crippen LogP contribution < -0.4 is 16.0 Å². The van der Waals surface area contributed by atoms with E-state index in [1.54, 1.807) is 43.4 Å². The molecular weight excluding hydrogens is 424 g/mol. The van der Waals surface area contributed by atoms with Crippen molar-refractivity contribution in [2.24, 2.45) is 0 Å². The van der Waals surface area contributed by atoms with E-state index >= 15 is 0 Å². The molecule has 7 nitrogen and oxygen atoms in total. The summed E-state index contributed by atoms with van der Waals surface area (Å²) in [5.41, 5.74) is 2.79. The van der Waals surface area contributed by atoms with Gasteiger partial charge >= 0.3 is 0 Å². The zero-order valence-corrected chi connectivity index (χ0v) is 18.2. The van der Waals surface area contributed by atoms with Gasteiger partial charge in [-0.3, -0.25) is 14.4 Å². The van der Waals surface area contributed by atoms with Crippen LogP contribution in [0.2, 0.25) is 0 Å². The summed E-state index contributed by atoms with van der Waals surface area (Å²) in [6.45, 7) is 0. The van der Waals surface area contributed by atoms with Crippen LogP contribution in [0.25, 0.3) is 10.9 Å². The van der Waals surface area contributed by atoms with E-state index in [1.807, 2.05) is 35.8 Å². The van der Waals surface area contributed by atoms with Gasteiger partial charge in [0.15, 0.2) is 0 Å². The van der Waals surface area contributed by atoms with Crippen molar-refractivity contribution < 1.29 is 14.4 Å². The summed E-state index contributed by atoms with van der Waals surface area (Å²) in [5, 5.41) is 11.1.